The third-order valence-corrected chi connectivity index (χ3v) is 5.52. The lowest BCUT2D eigenvalue weighted by atomic mass is 10.2. The fourth-order valence-corrected chi connectivity index (χ4v) is 4.04. The van der Waals surface area contributed by atoms with Gasteiger partial charge in [-0.15, -0.1) is 11.3 Å². The van der Waals surface area contributed by atoms with E-state index in [1.807, 2.05) is 0 Å². The maximum atomic E-state index is 12.8. The maximum Gasteiger partial charge on any atom is 0.325 e. The molecule has 2 N–H and O–H groups in total. The average Bonchev–Trinajstić information content (AvgIpc) is 2.71. The Morgan fingerprint density at radius 2 is 2.08 bits per heavy atom. The Balaban J connectivity index is 2.08. The quantitative estimate of drug-likeness (QED) is 0.878. The monoisotopic (exact) mass is 349 g/mol. The second-order valence-electron chi connectivity index (χ2n) is 6.07. The summed E-state index contributed by atoms with van der Waals surface area (Å²) in [7, 11) is 0. The van der Waals surface area contributed by atoms with Crippen LogP contribution in [0, 0.1) is 6.92 Å². The molecular formula is C16H19N3O4S. The molecule has 2 aromatic rings. The number of carboxylic acids is 1. The molecule has 0 saturated heterocycles. The topological polar surface area (TPSA) is 101 Å². The summed E-state index contributed by atoms with van der Waals surface area (Å²) in [6.07, 6.45) is 3.80. The molecule has 0 aliphatic carbocycles. The Labute approximate surface area is 142 Å². The van der Waals surface area contributed by atoms with E-state index in [4.69, 9.17) is 5.11 Å². The van der Waals surface area contributed by atoms with Crippen molar-refractivity contribution in [1.29, 1.82) is 0 Å². The lowest BCUT2D eigenvalue weighted by Gasteiger charge is -2.08. The van der Waals surface area contributed by atoms with Crippen molar-refractivity contribution in [3.05, 3.63) is 26.6 Å². The number of carboxylic acid groups (broad SMARTS) is 1. The Morgan fingerprint density at radius 3 is 2.79 bits per heavy atom. The van der Waals surface area contributed by atoms with Gasteiger partial charge in [0.15, 0.2) is 0 Å². The third-order valence-electron chi connectivity index (χ3n) is 4.34. The summed E-state index contributed by atoms with van der Waals surface area (Å²) in [6.45, 7) is 3.77. The Hall–Kier alpha value is -2.22. The van der Waals surface area contributed by atoms with Gasteiger partial charge in [-0.25, -0.2) is 4.98 Å². The Bertz CT molecular complexity index is 884. The predicted octanol–water partition coefficient (Wildman–Crippen LogP) is 1.70. The van der Waals surface area contributed by atoms with Crippen LogP contribution in [0.5, 0.6) is 0 Å². The molecule has 1 aliphatic heterocycles. The van der Waals surface area contributed by atoms with Crippen LogP contribution in [-0.4, -0.2) is 32.6 Å². The van der Waals surface area contributed by atoms with Crippen molar-refractivity contribution in [3.63, 3.8) is 0 Å². The number of aromatic nitrogens is 2. The highest BCUT2D eigenvalue weighted by molar-refractivity contribution is 7.20. The summed E-state index contributed by atoms with van der Waals surface area (Å²) in [5, 5.41) is 11.8. The Morgan fingerprint density at radius 1 is 1.33 bits per heavy atom. The number of aliphatic carboxylic acids is 1. The zero-order chi connectivity index (χ0) is 17.4. The number of thiophene rings is 1. The fourth-order valence-electron chi connectivity index (χ4n) is 2.95. The highest BCUT2D eigenvalue weighted by atomic mass is 32.1. The number of rotatable bonds is 3. The van der Waals surface area contributed by atoms with Gasteiger partial charge in [-0.3, -0.25) is 19.0 Å². The van der Waals surface area contributed by atoms with Gasteiger partial charge in [-0.2, -0.15) is 0 Å². The van der Waals surface area contributed by atoms with E-state index in [2.05, 4.69) is 10.3 Å². The molecule has 0 spiro atoms. The molecule has 1 amide bonds. The van der Waals surface area contributed by atoms with Crippen molar-refractivity contribution >= 4 is 33.4 Å². The first-order chi connectivity index (χ1) is 11.4. The molecule has 8 heteroatoms. The van der Waals surface area contributed by atoms with E-state index in [1.54, 1.807) is 11.5 Å². The highest BCUT2D eigenvalue weighted by Crippen LogP contribution is 2.28. The van der Waals surface area contributed by atoms with Gasteiger partial charge in [0.2, 0.25) is 0 Å². The van der Waals surface area contributed by atoms with Crippen molar-refractivity contribution in [2.24, 2.45) is 0 Å². The zero-order valence-corrected chi connectivity index (χ0v) is 14.4. The van der Waals surface area contributed by atoms with Gasteiger partial charge in [-0.1, -0.05) is 6.42 Å². The molecule has 7 nitrogen and oxygen atoms in total. The van der Waals surface area contributed by atoms with Crippen molar-refractivity contribution in [2.75, 3.05) is 0 Å². The van der Waals surface area contributed by atoms with Crippen LogP contribution in [0.2, 0.25) is 0 Å². The van der Waals surface area contributed by atoms with Crippen LogP contribution in [0.1, 0.15) is 47.2 Å². The van der Waals surface area contributed by atoms with E-state index in [0.29, 0.717) is 27.2 Å². The van der Waals surface area contributed by atoms with Crippen molar-refractivity contribution in [1.82, 2.24) is 14.9 Å². The summed E-state index contributed by atoms with van der Waals surface area (Å²) < 4.78 is 1.72. The minimum absolute atomic E-state index is 0.101. The van der Waals surface area contributed by atoms with Gasteiger partial charge < -0.3 is 10.4 Å². The molecule has 1 aliphatic rings. The van der Waals surface area contributed by atoms with E-state index in [0.717, 1.165) is 42.8 Å². The second-order valence-corrected chi connectivity index (χ2v) is 7.06. The van der Waals surface area contributed by atoms with Crippen LogP contribution in [-0.2, 0) is 17.8 Å². The summed E-state index contributed by atoms with van der Waals surface area (Å²) >= 11 is 1.15. The summed E-state index contributed by atoms with van der Waals surface area (Å²) in [5.74, 6) is -0.811. The molecular weight excluding hydrogens is 330 g/mol. The maximum absolute atomic E-state index is 12.8. The number of nitrogens with one attached hydrogen (secondary N) is 1. The minimum Gasteiger partial charge on any atom is -0.480 e. The van der Waals surface area contributed by atoms with Gasteiger partial charge in [-0.05, 0) is 32.3 Å². The standard InChI is InChI=1S/C16H19N3O4S/c1-8-11-14(24-12(8)13(20)17-9(2)16(22)23)18-10-6-4-3-5-7-19(10)15(11)21/h9H,3-7H2,1-2H3,(H,17,20)(H,22,23)/t9-/m1/s1. The van der Waals surface area contributed by atoms with Gasteiger partial charge >= 0.3 is 5.97 Å². The van der Waals surface area contributed by atoms with Gasteiger partial charge in [0.05, 0.1) is 10.3 Å². The number of aryl methyl sites for hydroxylation is 2. The molecule has 0 saturated carbocycles. The number of carbonyl (C=O) groups excluding carboxylic acids is 1. The molecule has 2 aromatic heterocycles. The highest BCUT2D eigenvalue weighted by Gasteiger charge is 2.24. The third kappa shape index (κ3) is 2.82. The lowest BCUT2D eigenvalue weighted by molar-refractivity contribution is -0.138. The van der Waals surface area contributed by atoms with E-state index in [9.17, 15) is 14.4 Å². The summed E-state index contributed by atoms with van der Waals surface area (Å²) in [6, 6.07) is -0.993. The molecule has 0 unspecified atom stereocenters. The molecule has 0 fully saturated rings. The van der Waals surface area contributed by atoms with E-state index >= 15 is 0 Å². The van der Waals surface area contributed by atoms with Gasteiger partial charge in [0.25, 0.3) is 11.5 Å². The normalized spacial score (nSPS) is 15.6. The fraction of sp³-hybridized carbons (Fsp3) is 0.500. The van der Waals surface area contributed by atoms with Crippen LogP contribution >= 0.6 is 11.3 Å². The van der Waals surface area contributed by atoms with Crippen molar-refractivity contribution < 1.29 is 14.7 Å². The number of carbonyl (C=O) groups is 2. The number of fused-ring (bicyclic) bond motifs is 2. The van der Waals surface area contributed by atoms with Gasteiger partial charge in [0, 0.05) is 13.0 Å². The molecule has 1 atom stereocenters. The van der Waals surface area contributed by atoms with E-state index in [1.165, 1.54) is 6.92 Å². The van der Waals surface area contributed by atoms with Crippen LogP contribution in [0.4, 0.5) is 0 Å². The summed E-state index contributed by atoms with van der Waals surface area (Å²) in [5.41, 5.74) is 0.470. The SMILES string of the molecule is Cc1c(C(=O)N[C@H](C)C(=O)O)sc2nc3n(c(=O)c12)CCCCC3. The van der Waals surface area contributed by atoms with Crippen molar-refractivity contribution in [2.45, 2.75) is 52.1 Å². The molecule has 128 valence electrons. The number of hydrogen-bond donors (Lipinski definition) is 2. The first-order valence-corrected chi connectivity index (χ1v) is 8.78. The minimum atomic E-state index is -1.10. The second kappa shape index (κ2) is 6.35. The van der Waals surface area contributed by atoms with Crippen LogP contribution in [0.25, 0.3) is 10.2 Å². The molecule has 0 bridgehead atoms. The molecule has 0 aromatic carbocycles. The van der Waals surface area contributed by atoms with Crippen LogP contribution in [0.3, 0.4) is 0 Å². The van der Waals surface area contributed by atoms with Crippen LogP contribution in [0.15, 0.2) is 4.79 Å². The lowest BCUT2D eigenvalue weighted by Crippen LogP contribution is -2.38. The summed E-state index contributed by atoms with van der Waals surface area (Å²) in [4.78, 5) is 41.6. The predicted molar refractivity (Wildman–Crippen MR) is 90.7 cm³/mol. The average molecular weight is 349 g/mol. The number of amides is 1. The van der Waals surface area contributed by atoms with E-state index in [-0.39, 0.29) is 5.56 Å². The first kappa shape index (κ1) is 16.6. The Kier molecular flexibility index (Phi) is 4.40. The smallest absolute Gasteiger partial charge is 0.325 e. The number of hydrogen-bond acceptors (Lipinski definition) is 5. The molecule has 3 heterocycles. The molecule has 0 radical (unpaired) electrons. The molecule has 24 heavy (non-hydrogen) atoms. The largest absolute Gasteiger partial charge is 0.480 e. The first-order valence-electron chi connectivity index (χ1n) is 7.96. The number of nitrogens with zero attached hydrogens (tertiary/aromatic N) is 2. The molecule has 3 rings (SSSR count). The van der Waals surface area contributed by atoms with E-state index < -0.39 is 17.9 Å². The van der Waals surface area contributed by atoms with Crippen LogP contribution < -0.4 is 10.9 Å². The zero-order valence-electron chi connectivity index (χ0n) is 13.6. The van der Waals surface area contributed by atoms with Crippen molar-refractivity contribution in [3.8, 4) is 0 Å². The van der Waals surface area contributed by atoms with Gasteiger partial charge in [0.1, 0.15) is 16.7 Å².